The number of guanidine groups is 1. The molecule has 1 atom stereocenters. The van der Waals surface area contributed by atoms with E-state index in [0.717, 1.165) is 61.3 Å². The zero-order valence-electron chi connectivity index (χ0n) is 18.9. The summed E-state index contributed by atoms with van der Waals surface area (Å²) in [6, 6.07) is 8.41. The van der Waals surface area contributed by atoms with Gasteiger partial charge >= 0.3 is 0 Å². The number of nitrogens with one attached hydrogen (secondary N) is 2. The molecule has 1 aromatic carbocycles. The second-order valence-electron chi connectivity index (χ2n) is 8.00. The van der Waals surface area contributed by atoms with Gasteiger partial charge in [-0.2, -0.15) is 5.10 Å². The van der Waals surface area contributed by atoms with Crippen LogP contribution in [-0.4, -0.2) is 47.5 Å². The Balaban J connectivity index is 0.00000341. The zero-order valence-corrected chi connectivity index (χ0v) is 21.3. The van der Waals surface area contributed by atoms with E-state index in [4.69, 9.17) is 9.47 Å². The molecule has 31 heavy (non-hydrogen) atoms. The first kappa shape index (κ1) is 25.4. The molecule has 3 rings (SSSR count). The smallest absolute Gasteiger partial charge is 0.191 e. The molecule has 0 saturated heterocycles. The van der Waals surface area contributed by atoms with Crippen LogP contribution >= 0.6 is 24.0 Å². The first-order valence-electron chi connectivity index (χ1n) is 10.7. The van der Waals surface area contributed by atoms with Crippen molar-refractivity contribution in [1.82, 2.24) is 25.4 Å². The number of ether oxygens (including phenoxy) is 2. The van der Waals surface area contributed by atoms with E-state index in [1.54, 1.807) is 14.2 Å². The van der Waals surface area contributed by atoms with Crippen molar-refractivity contribution in [2.45, 2.75) is 58.8 Å². The predicted molar refractivity (Wildman–Crippen MR) is 133 cm³/mol. The lowest BCUT2D eigenvalue weighted by molar-refractivity contribution is 0.177. The van der Waals surface area contributed by atoms with Gasteiger partial charge in [0, 0.05) is 38.7 Å². The number of halogens is 1. The summed E-state index contributed by atoms with van der Waals surface area (Å²) in [5, 5.41) is 11.5. The van der Waals surface area contributed by atoms with Crippen LogP contribution in [0.5, 0.6) is 5.75 Å². The van der Waals surface area contributed by atoms with E-state index in [-0.39, 0.29) is 30.0 Å². The number of rotatable bonds is 9. The van der Waals surface area contributed by atoms with Gasteiger partial charge in [-0.3, -0.25) is 4.99 Å². The van der Waals surface area contributed by atoms with E-state index in [9.17, 15) is 0 Å². The molecule has 1 unspecified atom stereocenters. The summed E-state index contributed by atoms with van der Waals surface area (Å²) in [7, 11) is 3.45. The van der Waals surface area contributed by atoms with Gasteiger partial charge in [0.15, 0.2) is 11.8 Å². The molecule has 9 heteroatoms. The van der Waals surface area contributed by atoms with Crippen LogP contribution in [0.1, 0.15) is 43.9 Å². The Morgan fingerprint density at radius 3 is 2.87 bits per heavy atom. The Labute approximate surface area is 202 Å². The number of aryl methyl sites for hydroxylation is 1. The van der Waals surface area contributed by atoms with Gasteiger partial charge in [0.25, 0.3) is 0 Å². The molecular weight excluding hydrogens is 507 g/mol. The molecule has 1 aliphatic heterocycles. The van der Waals surface area contributed by atoms with Crippen molar-refractivity contribution in [3.05, 3.63) is 41.5 Å². The molecule has 1 aliphatic rings. The molecule has 0 spiro atoms. The van der Waals surface area contributed by atoms with Gasteiger partial charge in [-0.15, -0.1) is 24.0 Å². The molecule has 0 bridgehead atoms. The minimum absolute atomic E-state index is 0. The fourth-order valence-electron chi connectivity index (χ4n) is 3.43. The molecule has 0 aliphatic carbocycles. The number of aliphatic imine (C=N–C) groups is 1. The third-order valence-electron chi connectivity index (χ3n) is 5.11. The maximum absolute atomic E-state index is 6.00. The number of hydrogen-bond donors (Lipinski definition) is 2. The lowest BCUT2D eigenvalue weighted by Gasteiger charge is -2.25. The minimum atomic E-state index is 0. The summed E-state index contributed by atoms with van der Waals surface area (Å²) < 4.78 is 13.1. The fraction of sp³-hybridized carbons (Fsp3) is 0.591. The zero-order chi connectivity index (χ0) is 21.3. The highest BCUT2D eigenvalue weighted by molar-refractivity contribution is 14.0. The van der Waals surface area contributed by atoms with Gasteiger partial charge in [-0.1, -0.05) is 32.0 Å². The second kappa shape index (κ2) is 12.8. The number of hydrogen-bond acceptors (Lipinski definition) is 5. The van der Waals surface area contributed by atoms with Crippen LogP contribution in [0.3, 0.4) is 0 Å². The number of fused-ring (bicyclic) bond motifs is 1. The van der Waals surface area contributed by atoms with E-state index in [1.807, 2.05) is 22.9 Å². The quantitative estimate of drug-likeness (QED) is 0.288. The molecule has 2 heterocycles. The Morgan fingerprint density at radius 2 is 2.13 bits per heavy atom. The van der Waals surface area contributed by atoms with Gasteiger partial charge in [0.05, 0.1) is 13.2 Å². The van der Waals surface area contributed by atoms with Crippen molar-refractivity contribution in [3.8, 4) is 5.75 Å². The molecular formula is C22H35IN6O2. The Hall–Kier alpha value is -1.88. The number of nitrogens with zero attached hydrogens (tertiary/aromatic N) is 4. The van der Waals surface area contributed by atoms with Crippen LogP contribution in [0, 0.1) is 5.92 Å². The SMILES string of the molecule is CN=C(NCc1ccccc1OCCC(C)C)NC1CCc2nc(COC)nn2C1.I. The highest BCUT2D eigenvalue weighted by atomic mass is 127. The lowest BCUT2D eigenvalue weighted by atomic mass is 10.1. The van der Waals surface area contributed by atoms with Crippen molar-refractivity contribution in [3.63, 3.8) is 0 Å². The molecule has 0 fully saturated rings. The average molecular weight is 542 g/mol. The summed E-state index contributed by atoms with van der Waals surface area (Å²) in [6.45, 7) is 7.00. The molecule has 0 radical (unpaired) electrons. The second-order valence-corrected chi connectivity index (χ2v) is 8.00. The molecule has 8 nitrogen and oxygen atoms in total. The van der Waals surface area contributed by atoms with Crippen molar-refractivity contribution in [2.24, 2.45) is 10.9 Å². The summed E-state index contributed by atoms with van der Waals surface area (Å²) in [5.74, 6) is 4.10. The monoisotopic (exact) mass is 542 g/mol. The van der Waals surface area contributed by atoms with Crippen molar-refractivity contribution >= 4 is 29.9 Å². The van der Waals surface area contributed by atoms with Crippen LogP contribution in [-0.2, 0) is 30.9 Å². The van der Waals surface area contributed by atoms with Gasteiger partial charge in [-0.25, -0.2) is 9.67 Å². The van der Waals surface area contributed by atoms with E-state index >= 15 is 0 Å². The fourth-order valence-corrected chi connectivity index (χ4v) is 3.43. The van der Waals surface area contributed by atoms with Crippen molar-refractivity contribution in [1.29, 1.82) is 0 Å². The van der Waals surface area contributed by atoms with E-state index in [0.29, 0.717) is 19.1 Å². The predicted octanol–water partition coefficient (Wildman–Crippen LogP) is 3.15. The first-order valence-corrected chi connectivity index (χ1v) is 10.7. The van der Waals surface area contributed by atoms with Crippen LogP contribution < -0.4 is 15.4 Å². The van der Waals surface area contributed by atoms with Gasteiger partial charge < -0.3 is 20.1 Å². The normalized spacial score (nSPS) is 15.9. The molecule has 0 saturated carbocycles. The van der Waals surface area contributed by atoms with E-state index < -0.39 is 0 Å². The lowest BCUT2D eigenvalue weighted by Crippen LogP contribution is -2.46. The maximum Gasteiger partial charge on any atom is 0.191 e. The highest BCUT2D eigenvalue weighted by Gasteiger charge is 2.22. The number of methoxy groups -OCH3 is 1. The summed E-state index contributed by atoms with van der Waals surface area (Å²) in [5.41, 5.74) is 1.12. The standard InChI is InChI=1S/C22H34N6O2.HI/c1-16(2)11-12-30-19-8-6-5-7-17(19)13-24-22(23-3)25-18-9-10-21-26-20(15-29-4)27-28(21)14-18;/h5-8,16,18H,9-15H2,1-4H3,(H2,23,24,25);1H. The van der Waals surface area contributed by atoms with Gasteiger partial charge in [-0.05, 0) is 24.8 Å². The van der Waals surface area contributed by atoms with Gasteiger partial charge in [0.1, 0.15) is 18.2 Å². The van der Waals surface area contributed by atoms with Crippen molar-refractivity contribution in [2.75, 3.05) is 20.8 Å². The van der Waals surface area contributed by atoms with Crippen LogP contribution in [0.2, 0.25) is 0 Å². The van der Waals surface area contributed by atoms with Crippen LogP contribution in [0.25, 0.3) is 0 Å². The topological polar surface area (TPSA) is 85.6 Å². The average Bonchev–Trinajstić information content (AvgIpc) is 3.13. The number of para-hydroxylation sites is 1. The van der Waals surface area contributed by atoms with Crippen LogP contribution in [0.15, 0.2) is 29.3 Å². The minimum Gasteiger partial charge on any atom is -0.493 e. The third-order valence-corrected chi connectivity index (χ3v) is 5.11. The van der Waals surface area contributed by atoms with Crippen molar-refractivity contribution < 1.29 is 9.47 Å². The molecule has 2 N–H and O–H groups in total. The largest absolute Gasteiger partial charge is 0.493 e. The molecule has 0 amide bonds. The Morgan fingerprint density at radius 1 is 1.32 bits per heavy atom. The van der Waals surface area contributed by atoms with Crippen LogP contribution in [0.4, 0.5) is 0 Å². The Kier molecular flexibility index (Phi) is 10.5. The highest BCUT2D eigenvalue weighted by Crippen LogP contribution is 2.19. The summed E-state index contributed by atoms with van der Waals surface area (Å²) in [6.07, 6.45) is 2.92. The number of benzene rings is 1. The van der Waals surface area contributed by atoms with E-state index in [2.05, 4.69) is 45.6 Å². The summed E-state index contributed by atoms with van der Waals surface area (Å²) >= 11 is 0. The summed E-state index contributed by atoms with van der Waals surface area (Å²) in [4.78, 5) is 8.93. The maximum atomic E-state index is 6.00. The first-order chi connectivity index (χ1) is 14.6. The Bertz CT molecular complexity index is 839. The van der Waals surface area contributed by atoms with Gasteiger partial charge in [0.2, 0.25) is 0 Å². The molecule has 1 aromatic heterocycles. The third kappa shape index (κ3) is 7.64. The molecule has 172 valence electrons. The van der Waals surface area contributed by atoms with E-state index in [1.165, 1.54) is 0 Å². The molecule has 2 aromatic rings. The number of aromatic nitrogens is 3.